The average molecular weight is 229 g/mol. The Morgan fingerprint density at radius 1 is 1.12 bits per heavy atom. The molecule has 2 aromatic rings. The molecule has 0 atom stereocenters. The molecule has 0 amide bonds. The SMILES string of the molecule is CCc1c(OC)ccnc1Oc1ccccc1. The first-order valence-electron chi connectivity index (χ1n) is 5.60. The van der Waals surface area contributed by atoms with Gasteiger partial charge in [-0.2, -0.15) is 0 Å². The van der Waals surface area contributed by atoms with Crippen LogP contribution in [-0.4, -0.2) is 12.1 Å². The second kappa shape index (κ2) is 5.34. The van der Waals surface area contributed by atoms with E-state index in [1.807, 2.05) is 36.4 Å². The summed E-state index contributed by atoms with van der Waals surface area (Å²) < 4.78 is 11.0. The summed E-state index contributed by atoms with van der Waals surface area (Å²) in [6.45, 7) is 2.05. The van der Waals surface area contributed by atoms with Crippen molar-refractivity contribution in [2.45, 2.75) is 13.3 Å². The van der Waals surface area contributed by atoms with Gasteiger partial charge in [0, 0.05) is 6.20 Å². The van der Waals surface area contributed by atoms with Crippen molar-refractivity contribution in [2.75, 3.05) is 7.11 Å². The van der Waals surface area contributed by atoms with Crippen molar-refractivity contribution >= 4 is 0 Å². The summed E-state index contributed by atoms with van der Waals surface area (Å²) in [6, 6.07) is 11.5. The van der Waals surface area contributed by atoms with Gasteiger partial charge in [-0.1, -0.05) is 25.1 Å². The lowest BCUT2D eigenvalue weighted by Crippen LogP contribution is -1.97. The van der Waals surface area contributed by atoms with Gasteiger partial charge in [-0.25, -0.2) is 4.98 Å². The van der Waals surface area contributed by atoms with E-state index in [1.165, 1.54) is 0 Å². The molecule has 0 saturated heterocycles. The van der Waals surface area contributed by atoms with Crippen molar-refractivity contribution in [1.29, 1.82) is 0 Å². The van der Waals surface area contributed by atoms with Crippen LogP contribution in [0.5, 0.6) is 17.4 Å². The normalized spacial score (nSPS) is 10.0. The summed E-state index contributed by atoms with van der Waals surface area (Å²) in [5.74, 6) is 2.20. The fourth-order valence-electron chi connectivity index (χ4n) is 1.66. The minimum atomic E-state index is 0.609. The highest BCUT2D eigenvalue weighted by atomic mass is 16.5. The molecule has 88 valence electrons. The van der Waals surface area contributed by atoms with E-state index in [0.717, 1.165) is 23.5 Å². The Morgan fingerprint density at radius 2 is 1.88 bits per heavy atom. The molecular weight excluding hydrogens is 214 g/mol. The Morgan fingerprint density at radius 3 is 2.53 bits per heavy atom. The average Bonchev–Trinajstić information content (AvgIpc) is 2.39. The molecule has 3 nitrogen and oxygen atoms in total. The predicted octanol–water partition coefficient (Wildman–Crippen LogP) is 3.44. The van der Waals surface area contributed by atoms with Gasteiger partial charge in [0.2, 0.25) is 5.88 Å². The van der Waals surface area contributed by atoms with Gasteiger partial charge in [0.15, 0.2) is 0 Å². The zero-order valence-corrected chi connectivity index (χ0v) is 10.0. The smallest absolute Gasteiger partial charge is 0.226 e. The van der Waals surface area contributed by atoms with Crippen molar-refractivity contribution in [3.63, 3.8) is 0 Å². The highest BCUT2D eigenvalue weighted by molar-refractivity contribution is 5.41. The third-order valence-electron chi connectivity index (χ3n) is 2.50. The number of methoxy groups -OCH3 is 1. The second-order valence-corrected chi connectivity index (χ2v) is 3.57. The Hall–Kier alpha value is -2.03. The van der Waals surface area contributed by atoms with Crippen molar-refractivity contribution in [3.8, 4) is 17.4 Å². The minimum absolute atomic E-state index is 0.609. The number of hydrogen-bond acceptors (Lipinski definition) is 3. The first kappa shape index (κ1) is 11.5. The largest absolute Gasteiger partial charge is 0.496 e. The monoisotopic (exact) mass is 229 g/mol. The lowest BCUT2D eigenvalue weighted by Gasteiger charge is -2.11. The van der Waals surface area contributed by atoms with Gasteiger partial charge in [-0.3, -0.25) is 0 Å². The molecule has 0 spiro atoms. The molecule has 0 aliphatic carbocycles. The molecule has 0 radical (unpaired) electrons. The number of benzene rings is 1. The molecule has 0 unspecified atom stereocenters. The lowest BCUT2D eigenvalue weighted by molar-refractivity contribution is 0.397. The third-order valence-corrected chi connectivity index (χ3v) is 2.50. The van der Waals surface area contributed by atoms with Gasteiger partial charge in [0.25, 0.3) is 0 Å². The van der Waals surface area contributed by atoms with Crippen molar-refractivity contribution in [1.82, 2.24) is 4.98 Å². The number of rotatable bonds is 4. The van der Waals surface area contributed by atoms with Crippen LogP contribution >= 0.6 is 0 Å². The van der Waals surface area contributed by atoms with E-state index in [9.17, 15) is 0 Å². The van der Waals surface area contributed by atoms with Crippen LogP contribution in [0.1, 0.15) is 12.5 Å². The van der Waals surface area contributed by atoms with Crippen LogP contribution in [0.4, 0.5) is 0 Å². The molecular formula is C14H15NO2. The van der Waals surface area contributed by atoms with E-state index in [4.69, 9.17) is 9.47 Å². The van der Waals surface area contributed by atoms with Gasteiger partial charge in [-0.15, -0.1) is 0 Å². The van der Waals surface area contributed by atoms with E-state index >= 15 is 0 Å². The van der Waals surface area contributed by atoms with E-state index in [1.54, 1.807) is 13.3 Å². The Balaban J connectivity index is 2.33. The lowest BCUT2D eigenvalue weighted by atomic mass is 10.2. The number of ether oxygens (including phenoxy) is 2. The van der Waals surface area contributed by atoms with Crippen LogP contribution in [-0.2, 0) is 6.42 Å². The molecule has 0 fully saturated rings. The molecule has 1 heterocycles. The van der Waals surface area contributed by atoms with Crippen LogP contribution in [0, 0.1) is 0 Å². The number of nitrogens with zero attached hydrogens (tertiary/aromatic N) is 1. The Bertz CT molecular complexity index is 483. The molecule has 1 aromatic heterocycles. The molecule has 0 bridgehead atoms. The molecule has 0 N–H and O–H groups in total. The van der Waals surface area contributed by atoms with Gasteiger partial charge < -0.3 is 9.47 Å². The predicted molar refractivity (Wildman–Crippen MR) is 66.7 cm³/mol. The van der Waals surface area contributed by atoms with Gasteiger partial charge in [-0.05, 0) is 24.6 Å². The quantitative estimate of drug-likeness (QED) is 0.804. The van der Waals surface area contributed by atoms with Crippen LogP contribution in [0.25, 0.3) is 0 Å². The van der Waals surface area contributed by atoms with E-state index in [2.05, 4.69) is 11.9 Å². The highest BCUT2D eigenvalue weighted by Gasteiger charge is 2.10. The van der Waals surface area contributed by atoms with Gasteiger partial charge in [0.05, 0.1) is 12.7 Å². The summed E-state index contributed by atoms with van der Waals surface area (Å²) in [6.07, 6.45) is 2.51. The summed E-state index contributed by atoms with van der Waals surface area (Å²) in [5.41, 5.74) is 0.985. The summed E-state index contributed by atoms with van der Waals surface area (Å²) in [7, 11) is 1.65. The maximum Gasteiger partial charge on any atom is 0.226 e. The zero-order chi connectivity index (χ0) is 12.1. The van der Waals surface area contributed by atoms with Crippen LogP contribution in [0.2, 0.25) is 0 Å². The minimum Gasteiger partial charge on any atom is -0.496 e. The van der Waals surface area contributed by atoms with Crippen LogP contribution in [0.15, 0.2) is 42.6 Å². The molecule has 3 heteroatoms. The fourth-order valence-corrected chi connectivity index (χ4v) is 1.66. The summed E-state index contributed by atoms with van der Waals surface area (Å²) >= 11 is 0. The second-order valence-electron chi connectivity index (χ2n) is 3.57. The van der Waals surface area contributed by atoms with E-state index in [-0.39, 0.29) is 0 Å². The fraction of sp³-hybridized carbons (Fsp3) is 0.214. The first-order chi connectivity index (χ1) is 8.35. The summed E-state index contributed by atoms with van der Waals surface area (Å²) in [4.78, 5) is 4.25. The molecule has 2 rings (SSSR count). The number of para-hydroxylation sites is 1. The molecule has 0 aliphatic rings. The van der Waals surface area contributed by atoms with Gasteiger partial charge >= 0.3 is 0 Å². The molecule has 1 aromatic carbocycles. The van der Waals surface area contributed by atoms with Crippen molar-refractivity contribution < 1.29 is 9.47 Å². The maximum atomic E-state index is 5.75. The molecule has 17 heavy (non-hydrogen) atoms. The molecule has 0 aliphatic heterocycles. The third kappa shape index (κ3) is 2.56. The van der Waals surface area contributed by atoms with E-state index in [0.29, 0.717) is 5.88 Å². The number of aromatic nitrogens is 1. The number of pyridine rings is 1. The summed E-state index contributed by atoms with van der Waals surface area (Å²) in [5, 5.41) is 0. The Labute approximate surface area is 101 Å². The van der Waals surface area contributed by atoms with Crippen LogP contribution < -0.4 is 9.47 Å². The van der Waals surface area contributed by atoms with Gasteiger partial charge in [0.1, 0.15) is 11.5 Å². The van der Waals surface area contributed by atoms with Crippen molar-refractivity contribution in [2.24, 2.45) is 0 Å². The topological polar surface area (TPSA) is 31.4 Å². The standard InChI is InChI=1S/C14H15NO2/c1-3-12-13(16-2)9-10-15-14(12)17-11-7-5-4-6-8-11/h4-10H,3H2,1-2H3. The van der Waals surface area contributed by atoms with Crippen LogP contribution in [0.3, 0.4) is 0 Å². The first-order valence-corrected chi connectivity index (χ1v) is 5.60. The molecule has 0 saturated carbocycles. The highest BCUT2D eigenvalue weighted by Crippen LogP contribution is 2.29. The maximum absolute atomic E-state index is 5.75. The van der Waals surface area contributed by atoms with E-state index < -0.39 is 0 Å². The van der Waals surface area contributed by atoms with Crippen molar-refractivity contribution in [3.05, 3.63) is 48.2 Å². The zero-order valence-electron chi connectivity index (χ0n) is 10.0. The number of hydrogen-bond donors (Lipinski definition) is 0. The Kier molecular flexibility index (Phi) is 3.60.